The van der Waals surface area contributed by atoms with Crippen molar-refractivity contribution >= 4 is 15.9 Å². The van der Waals surface area contributed by atoms with Crippen LogP contribution in [0.2, 0.25) is 0 Å². The Balaban J connectivity index is 2.16. The lowest BCUT2D eigenvalue weighted by Gasteiger charge is -2.16. The van der Waals surface area contributed by atoms with Crippen molar-refractivity contribution in [1.29, 1.82) is 5.26 Å². The Morgan fingerprint density at radius 3 is 2.89 bits per heavy atom. The molecule has 0 unspecified atom stereocenters. The average molecular weight is 303 g/mol. The molecule has 0 amide bonds. The fraction of sp³-hybridized carbons (Fsp3) is 0.308. The summed E-state index contributed by atoms with van der Waals surface area (Å²) >= 11 is 3.36. The van der Waals surface area contributed by atoms with E-state index in [-0.39, 0.29) is 0 Å². The zero-order chi connectivity index (χ0) is 12.5. The first-order chi connectivity index (χ1) is 8.78. The summed E-state index contributed by atoms with van der Waals surface area (Å²) < 4.78 is 2.53. The van der Waals surface area contributed by atoms with Gasteiger partial charge in [-0.25, -0.2) is 9.67 Å². The summed E-state index contributed by atoms with van der Waals surface area (Å²) in [5.74, 6) is 0.629. The standard InChI is InChI=1S/C13H11BrN4/c14-11-7-16-18(8-11)13-10(6-15)5-9-3-1-2-4-12(9)17-13/h5,7-8H,1-4H2. The molecule has 0 saturated heterocycles. The molecule has 3 rings (SSSR count). The molecule has 0 radical (unpaired) electrons. The zero-order valence-electron chi connectivity index (χ0n) is 9.73. The predicted octanol–water partition coefficient (Wildman–Crippen LogP) is 2.78. The van der Waals surface area contributed by atoms with Gasteiger partial charge in [-0.05, 0) is 53.2 Å². The van der Waals surface area contributed by atoms with Crippen LogP contribution in [0.1, 0.15) is 29.7 Å². The summed E-state index contributed by atoms with van der Waals surface area (Å²) in [6, 6.07) is 4.18. The van der Waals surface area contributed by atoms with Gasteiger partial charge in [0.2, 0.25) is 0 Å². The second-order valence-corrected chi connectivity index (χ2v) is 5.30. The Labute approximate surface area is 113 Å². The van der Waals surface area contributed by atoms with Gasteiger partial charge in [-0.1, -0.05) is 0 Å². The molecule has 0 aliphatic heterocycles. The maximum absolute atomic E-state index is 9.25. The molecular weight excluding hydrogens is 292 g/mol. The van der Waals surface area contributed by atoms with Crippen molar-refractivity contribution in [2.45, 2.75) is 25.7 Å². The lowest BCUT2D eigenvalue weighted by Crippen LogP contribution is -2.11. The third-order valence-corrected chi connectivity index (χ3v) is 3.58. The molecule has 5 heteroatoms. The molecular formula is C13H11BrN4. The molecule has 1 aliphatic carbocycles. The SMILES string of the molecule is N#Cc1cc2c(nc1-n1cc(Br)cn1)CCCC2. The van der Waals surface area contributed by atoms with Gasteiger partial charge in [0.15, 0.2) is 5.82 Å². The van der Waals surface area contributed by atoms with Crippen LogP contribution in [-0.2, 0) is 12.8 Å². The number of rotatable bonds is 1. The molecule has 90 valence electrons. The number of halogens is 1. The van der Waals surface area contributed by atoms with Crippen molar-refractivity contribution in [3.8, 4) is 11.9 Å². The number of hydrogen-bond donors (Lipinski definition) is 0. The lowest BCUT2D eigenvalue weighted by molar-refractivity contribution is 0.661. The summed E-state index contributed by atoms with van der Waals surface area (Å²) in [5, 5.41) is 13.4. The largest absolute Gasteiger partial charge is 0.232 e. The van der Waals surface area contributed by atoms with E-state index in [0.717, 1.165) is 23.0 Å². The lowest BCUT2D eigenvalue weighted by atomic mass is 9.95. The monoisotopic (exact) mass is 302 g/mol. The van der Waals surface area contributed by atoms with Crippen molar-refractivity contribution < 1.29 is 0 Å². The van der Waals surface area contributed by atoms with E-state index in [4.69, 9.17) is 0 Å². The van der Waals surface area contributed by atoms with Crippen molar-refractivity contribution in [1.82, 2.24) is 14.8 Å². The molecule has 0 bridgehead atoms. The van der Waals surface area contributed by atoms with E-state index in [1.807, 2.05) is 12.3 Å². The Morgan fingerprint density at radius 1 is 1.33 bits per heavy atom. The summed E-state index contributed by atoms with van der Waals surface area (Å²) in [7, 11) is 0. The van der Waals surface area contributed by atoms with Gasteiger partial charge >= 0.3 is 0 Å². The number of aryl methyl sites for hydroxylation is 2. The molecule has 1 aliphatic rings. The summed E-state index contributed by atoms with van der Waals surface area (Å²) in [4.78, 5) is 4.62. The van der Waals surface area contributed by atoms with Crippen molar-refractivity contribution in [2.75, 3.05) is 0 Å². The van der Waals surface area contributed by atoms with Gasteiger partial charge in [0.25, 0.3) is 0 Å². The Morgan fingerprint density at radius 2 is 2.17 bits per heavy atom. The molecule has 0 spiro atoms. The second-order valence-electron chi connectivity index (χ2n) is 4.39. The molecule has 2 aromatic heterocycles. The predicted molar refractivity (Wildman–Crippen MR) is 70.4 cm³/mol. The highest BCUT2D eigenvalue weighted by Gasteiger charge is 2.16. The number of fused-ring (bicyclic) bond motifs is 1. The van der Waals surface area contributed by atoms with Crippen LogP contribution in [0.5, 0.6) is 0 Å². The van der Waals surface area contributed by atoms with E-state index in [9.17, 15) is 5.26 Å². The average Bonchev–Trinajstić information content (AvgIpc) is 2.83. The van der Waals surface area contributed by atoms with Gasteiger partial charge in [-0.15, -0.1) is 0 Å². The van der Waals surface area contributed by atoms with Crippen LogP contribution in [0.3, 0.4) is 0 Å². The first kappa shape index (κ1) is 11.4. The Hall–Kier alpha value is -1.67. The van der Waals surface area contributed by atoms with E-state index in [2.05, 4.69) is 32.1 Å². The minimum absolute atomic E-state index is 0.589. The molecule has 0 N–H and O–H groups in total. The summed E-state index contributed by atoms with van der Waals surface area (Å²) in [5.41, 5.74) is 2.92. The van der Waals surface area contributed by atoms with Crippen molar-refractivity contribution in [3.63, 3.8) is 0 Å². The van der Waals surface area contributed by atoms with E-state index in [0.29, 0.717) is 11.4 Å². The van der Waals surface area contributed by atoms with E-state index >= 15 is 0 Å². The highest BCUT2D eigenvalue weighted by atomic mass is 79.9. The smallest absolute Gasteiger partial charge is 0.171 e. The number of pyridine rings is 1. The van der Waals surface area contributed by atoms with Crippen LogP contribution >= 0.6 is 15.9 Å². The van der Waals surface area contributed by atoms with Crippen LogP contribution < -0.4 is 0 Å². The fourth-order valence-corrected chi connectivity index (χ4v) is 2.58. The van der Waals surface area contributed by atoms with Gasteiger partial charge in [-0.3, -0.25) is 0 Å². The van der Waals surface area contributed by atoms with Crippen LogP contribution in [0.4, 0.5) is 0 Å². The van der Waals surface area contributed by atoms with E-state index in [1.165, 1.54) is 18.4 Å². The minimum atomic E-state index is 0.589. The number of nitrogens with zero attached hydrogens (tertiary/aromatic N) is 4. The third-order valence-electron chi connectivity index (χ3n) is 3.17. The summed E-state index contributed by atoms with van der Waals surface area (Å²) in [6.45, 7) is 0. The fourth-order valence-electron chi connectivity index (χ4n) is 2.30. The van der Waals surface area contributed by atoms with Gasteiger partial charge in [0.1, 0.15) is 6.07 Å². The normalized spacial score (nSPS) is 14.0. The maximum atomic E-state index is 9.25. The zero-order valence-corrected chi connectivity index (χ0v) is 11.3. The number of nitriles is 1. The molecule has 2 heterocycles. The molecule has 0 atom stereocenters. The quantitative estimate of drug-likeness (QED) is 0.814. The van der Waals surface area contributed by atoms with Crippen LogP contribution in [0.25, 0.3) is 5.82 Å². The third kappa shape index (κ3) is 1.93. The second kappa shape index (κ2) is 4.54. The van der Waals surface area contributed by atoms with Crippen LogP contribution in [0, 0.1) is 11.3 Å². The number of hydrogen-bond acceptors (Lipinski definition) is 3. The molecule has 0 saturated carbocycles. The Kier molecular flexibility index (Phi) is 2.88. The van der Waals surface area contributed by atoms with Gasteiger partial charge in [0, 0.05) is 11.9 Å². The van der Waals surface area contributed by atoms with Crippen molar-refractivity contribution in [3.05, 3.63) is 39.8 Å². The first-order valence-corrected chi connectivity index (χ1v) is 6.70. The Bertz CT molecular complexity index is 639. The minimum Gasteiger partial charge on any atom is -0.232 e. The highest BCUT2D eigenvalue weighted by molar-refractivity contribution is 9.10. The molecule has 0 fully saturated rings. The van der Waals surface area contributed by atoms with Crippen molar-refractivity contribution in [2.24, 2.45) is 0 Å². The molecule has 0 aromatic carbocycles. The van der Waals surface area contributed by atoms with Crippen LogP contribution in [0.15, 0.2) is 22.9 Å². The topological polar surface area (TPSA) is 54.5 Å². The first-order valence-electron chi connectivity index (χ1n) is 5.91. The van der Waals surface area contributed by atoms with E-state index in [1.54, 1.807) is 10.9 Å². The van der Waals surface area contributed by atoms with Gasteiger partial charge in [0.05, 0.1) is 16.2 Å². The molecule has 4 nitrogen and oxygen atoms in total. The van der Waals surface area contributed by atoms with Gasteiger partial charge in [-0.2, -0.15) is 10.4 Å². The molecule has 2 aromatic rings. The van der Waals surface area contributed by atoms with Crippen LogP contribution in [-0.4, -0.2) is 14.8 Å². The van der Waals surface area contributed by atoms with E-state index < -0.39 is 0 Å². The highest BCUT2D eigenvalue weighted by Crippen LogP contribution is 2.24. The van der Waals surface area contributed by atoms with Gasteiger partial charge < -0.3 is 0 Å². The molecule has 18 heavy (non-hydrogen) atoms. The number of aromatic nitrogens is 3. The summed E-state index contributed by atoms with van der Waals surface area (Å²) in [6.07, 6.45) is 7.90. The maximum Gasteiger partial charge on any atom is 0.171 e.